The Labute approximate surface area is 222 Å². The van der Waals surface area contributed by atoms with E-state index < -0.39 is 14.4 Å². The third-order valence-electron chi connectivity index (χ3n) is 8.06. The first kappa shape index (κ1) is 28.4. The molecule has 0 saturated carbocycles. The van der Waals surface area contributed by atoms with E-state index in [2.05, 4.69) is 103 Å². The molecule has 0 aromatic heterocycles. The Kier molecular flexibility index (Phi) is 9.34. The summed E-state index contributed by atoms with van der Waals surface area (Å²) in [6.07, 6.45) is 2.33. The van der Waals surface area contributed by atoms with Crippen molar-refractivity contribution in [1.82, 2.24) is 0 Å². The molecule has 0 bridgehead atoms. The van der Waals surface area contributed by atoms with E-state index in [1.54, 1.807) is 0 Å². The van der Waals surface area contributed by atoms with Crippen molar-refractivity contribution in [3.05, 3.63) is 62.1 Å². The summed E-state index contributed by atoms with van der Waals surface area (Å²) in [5, 5.41) is 11.7. The zero-order valence-corrected chi connectivity index (χ0v) is 25.8. The molecule has 0 fully saturated rings. The fraction of sp³-hybridized carbons (Fsp3) is 0.600. The maximum absolute atomic E-state index is 11.7. The highest BCUT2D eigenvalue weighted by Crippen LogP contribution is 2.48. The minimum atomic E-state index is -2.14. The van der Waals surface area contributed by atoms with Crippen LogP contribution >= 0.6 is 15.9 Å². The number of hydrogen-bond acceptors (Lipinski definition) is 3. The molecule has 3 nitrogen and oxygen atoms in total. The minimum absolute atomic E-state index is 0.0104. The Morgan fingerprint density at radius 1 is 1.00 bits per heavy atom. The molecule has 2 atom stereocenters. The summed E-state index contributed by atoms with van der Waals surface area (Å²) in [6.45, 7) is 20.9. The zero-order valence-electron chi connectivity index (χ0n) is 23.2. The molecule has 2 unspecified atom stereocenters. The highest BCUT2D eigenvalue weighted by molar-refractivity contribution is 9.10. The number of ether oxygens (including phenoxy) is 1. The number of hydrogen-bond donors (Lipinski definition) is 1. The van der Waals surface area contributed by atoms with Crippen LogP contribution in [0.1, 0.15) is 107 Å². The lowest BCUT2D eigenvalue weighted by atomic mass is 9.82. The van der Waals surface area contributed by atoms with Gasteiger partial charge in [0, 0.05) is 16.6 Å². The van der Waals surface area contributed by atoms with E-state index in [1.807, 2.05) is 0 Å². The Morgan fingerprint density at radius 2 is 1.57 bits per heavy atom. The van der Waals surface area contributed by atoms with Crippen LogP contribution in [0.15, 0.2) is 28.7 Å². The lowest BCUT2D eigenvalue weighted by molar-refractivity contribution is 0.0483. The van der Waals surface area contributed by atoms with Gasteiger partial charge in [0.2, 0.25) is 0 Å². The van der Waals surface area contributed by atoms with Crippen molar-refractivity contribution in [2.45, 2.75) is 110 Å². The molecule has 2 aromatic rings. The van der Waals surface area contributed by atoms with E-state index in [4.69, 9.17) is 9.16 Å². The number of rotatable bonds is 9. The van der Waals surface area contributed by atoms with Gasteiger partial charge < -0.3 is 14.3 Å². The van der Waals surface area contributed by atoms with Crippen LogP contribution in [0, 0.1) is 13.8 Å². The van der Waals surface area contributed by atoms with Crippen molar-refractivity contribution in [2.24, 2.45) is 0 Å². The van der Waals surface area contributed by atoms with Gasteiger partial charge in [-0.15, -0.1) is 0 Å². The van der Waals surface area contributed by atoms with Crippen molar-refractivity contribution in [3.63, 3.8) is 0 Å². The number of benzene rings is 2. The number of halogens is 1. The fourth-order valence-electron chi connectivity index (χ4n) is 6.67. The highest BCUT2D eigenvalue weighted by atomic mass is 79.9. The molecule has 0 radical (unpaired) electrons. The molecule has 35 heavy (non-hydrogen) atoms. The van der Waals surface area contributed by atoms with E-state index in [0.29, 0.717) is 23.2 Å². The molecule has 0 amide bonds. The topological polar surface area (TPSA) is 38.7 Å². The maximum Gasteiger partial charge on any atom is 0.258 e. The highest BCUT2D eigenvalue weighted by Gasteiger charge is 2.48. The Hall–Kier alpha value is -1.14. The fourth-order valence-corrected chi connectivity index (χ4v) is 12.6. The van der Waals surface area contributed by atoms with Gasteiger partial charge in [0.1, 0.15) is 11.9 Å². The average molecular weight is 562 g/mol. The van der Waals surface area contributed by atoms with Gasteiger partial charge in [-0.05, 0) is 103 Å². The van der Waals surface area contributed by atoms with Crippen LogP contribution in [0.2, 0.25) is 16.6 Å². The second-order valence-corrected chi connectivity index (χ2v) is 17.4. The third-order valence-corrected chi connectivity index (χ3v) is 14.5. The summed E-state index contributed by atoms with van der Waals surface area (Å²) in [7, 11) is -2.14. The summed E-state index contributed by atoms with van der Waals surface area (Å²) in [4.78, 5) is 0. The summed E-state index contributed by atoms with van der Waals surface area (Å²) in [5.41, 5.74) is 8.07. The largest absolute Gasteiger partial charge is 0.542 e. The summed E-state index contributed by atoms with van der Waals surface area (Å²) in [5.74, 6) is 0.987. The SMILES string of the molecule is CCOC1CCCc2c(C(O)c3c(C)cc(Br)cc3C)ccc(O[Si](C(C)C)(C(C)C)C(C)C)c21. The smallest absolute Gasteiger partial charge is 0.258 e. The van der Waals surface area contributed by atoms with Crippen LogP contribution in [-0.2, 0) is 11.2 Å². The Bertz CT molecular complexity index is 986. The molecule has 2 aromatic carbocycles. The third kappa shape index (κ3) is 5.44. The average Bonchev–Trinajstić information content (AvgIpc) is 2.76. The molecule has 5 heteroatoms. The first-order valence-electron chi connectivity index (χ1n) is 13.4. The molecule has 1 N–H and O–H groups in total. The molecule has 194 valence electrons. The van der Waals surface area contributed by atoms with Crippen LogP contribution in [0.25, 0.3) is 0 Å². The lowest BCUT2D eigenvalue weighted by Crippen LogP contribution is -2.51. The second kappa shape index (κ2) is 11.5. The number of fused-ring (bicyclic) bond motifs is 1. The van der Waals surface area contributed by atoms with E-state index in [9.17, 15) is 5.11 Å². The summed E-state index contributed by atoms with van der Waals surface area (Å²) >= 11 is 3.60. The number of aliphatic hydroxyl groups is 1. The van der Waals surface area contributed by atoms with E-state index in [1.165, 1.54) is 11.1 Å². The predicted octanol–water partition coefficient (Wildman–Crippen LogP) is 9.12. The van der Waals surface area contributed by atoms with Gasteiger partial charge in [-0.1, -0.05) is 63.5 Å². The van der Waals surface area contributed by atoms with Crippen LogP contribution in [0.4, 0.5) is 0 Å². The van der Waals surface area contributed by atoms with Gasteiger partial charge in [-0.25, -0.2) is 0 Å². The van der Waals surface area contributed by atoms with Crippen molar-refractivity contribution in [2.75, 3.05) is 6.61 Å². The van der Waals surface area contributed by atoms with Crippen LogP contribution in [0.3, 0.4) is 0 Å². The first-order chi connectivity index (χ1) is 16.4. The molecule has 0 saturated heterocycles. The second-order valence-electron chi connectivity index (χ2n) is 11.2. The van der Waals surface area contributed by atoms with Gasteiger partial charge in [-0.2, -0.15) is 0 Å². The molecular formula is C30H45BrO3Si. The number of aryl methyl sites for hydroxylation is 2. The van der Waals surface area contributed by atoms with E-state index in [-0.39, 0.29) is 6.10 Å². The monoisotopic (exact) mass is 560 g/mol. The Balaban J connectivity index is 2.21. The van der Waals surface area contributed by atoms with Gasteiger partial charge in [0.15, 0.2) is 0 Å². The van der Waals surface area contributed by atoms with Crippen LogP contribution in [0.5, 0.6) is 5.75 Å². The molecule has 3 rings (SSSR count). The van der Waals surface area contributed by atoms with Crippen molar-refractivity contribution in [1.29, 1.82) is 0 Å². The lowest BCUT2D eigenvalue weighted by Gasteiger charge is -2.43. The normalized spacial score (nSPS) is 17.3. The van der Waals surface area contributed by atoms with Crippen LogP contribution < -0.4 is 4.43 Å². The molecule has 0 aliphatic heterocycles. The number of aliphatic hydroxyl groups excluding tert-OH is 1. The molecule has 1 aliphatic carbocycles. The van der Waals surface area contributed by atoms with Gasteiger partial charge in [0.05, 0.1) is 6.10 Å². The Morgan fingerprint density at radius 3 is 2.09 bits per heavy atom. The molecular weight excluding hydrogens is 516 g/mol. The minimum Gasteiger partial charge on any atom is -0.542 e. The molecule has 1 aliphatic rings. The summed E-state index contributed by atoms with van der Waals surface area (Å²) in [6, 6.07) is 8.43. The molecule has 0 heterocycles. The quantitative estimate of drug-likeness (QED) is 0.310. The standard InChI is InChI=1S/C30H45BrO3Si/c1-10-33-26-13-11-12-24-25(30(32)28-21(8)16-23(31)17-22(28)9)14-15-27(29(24)26)34-35(18(2)3,19(4)5)20(6)7/h14-20,26,30,32H,10-13H2,1-9H3. The van der Waals surface area contributed by atoms with E-state index in [0.717, 1.165) is 51.7 Å². The first-order valence-corrected chi connectivity index (χ1v) is 16.3. The van der Waals surface area contributed by atoms with Crippen molar-refractivity contribution >= 4 is 24.2 Å². The van der Waals surface area contributed by atoms with Crippen molar-refractivity contribution < 1.29 is 14.3 Å². The summed E-state index contributed by atoms with van der Waals surface area (Å²) < 4.78 is 14.6. The predicted molar refractivity (Wildman–Crippen MR) is 153 cm³/mol. The van der Waals surface area contributed by atoms with Gasteiger partial charge in [-0.3, -0.25) is 0 Å². The van der Waals surface area contributed by atoms with Gasteiger partial charge >= 0.3 is 0 Å². The molecule has 0 spiro atoms. The van der Waals surface area contributed by atoms with Gasteiger partial charge in [0.25, 0.3) is 8.32 Å². The van der Waals surface area contributed by atoms with Crippen molar-refractivity contribution in [3.8, 4) is 5.75 Å². The van der Waals surface area contributed by atoms with E-state index >= 15 is 0 Å². The maximum atomic E-state index is 11.7. The van der Waals surface area contributed by atoms with Crippen LogP contribution in [-0.4, -0.2) is 20.0 Å². The zero-order chi connectivity index (χ0) is 26.1.